The molecule has 0 aliphatic carbocycles. The monoisotopic (exact) mass is 488 g/mol. The molecular weight excluding hydrogens is 456 g/mol. The third-order valence-corrected chi connectivity index (χ3v) is 8.40. The van der Waals surface area contributed by atoms with Gasteiger partial charge in [0.05, 0.1) is 16.3 Å². The van der Waals surface area contributed by atoms with Crippen LogP contribution in [0.3, 0.4) is 0 Å². The molecule has 0 saturated carbocycles. The molecule has 0 radical (unpaired) electrons. The van der Waals surface area contributed by atoms with E-state index in [1.807, 2.05) is 57.3 Å². The topological polar surface area (TPSA) is 78.1 Å². The second kappa shape index (κ2) is 9.55. The molecule has 0 spiro atoms. The van der Waals surface area contributed by atoms with E-state index in [-0.39, 0.29) is 11.9 Å². The lowest BCUT2D eigenvalue weighted by molar-refractivity contribution is 0.0916. The number of carbonyl (C=O) groups excluding carboxylic acids is 1. The normalized spacial score (nSPS) is 16.1. The zero-order chi connectivity index (χ0) is 24.7. The van der Waals surface area contributed by atoms with Gasteiger partial charge in [-0.15, -0.1) is 0 Å². The quantitative estimate of drug-likeness (QED) is 0.417. The molecule has 1 aliphatic heterocycles. The molecule has 5 rings (SSSR count). The van der Waals surface area contributed by atoms with Crippen LogP contribution in [-0.2, 0) is 10.8 Å². The molecule has 1 unspecified atom stereocenters. The van der Waals surface area contributed by atoms with Crippen molar-refractivity contribution in [2.45, 2.75) is 44.6 Å². The van der Waals surface area contributed by atoms with E-state index in [9.17, 15) is 9.00 Å². The number of amides is 1. The number of pyridine rings is 1. The van der Waals surface area contributed by atoms with E-state index in [4.69, 9.17) is 0 Å². The highest BCUT2D eigenvalue weighted by Gasteiger charge is 2.23. The Morgan fingerprint density at radius 1 is 1.20 bits per heavy atom. The van der Waals surface area contributed by atoms with Crippen molar-refractivity contribution in [1.29, 1.82) is 0 Å². The minimum Gasteiger partial charge on any atom is -0.349 e. The van der Waals surface area contributed by atoms with Crippen molar-refractivity contribution < 1.29 is 9.00 Å². The number of aromatic nitrogens is 2. The molecule has 2 aromatic carbocycles. The second-order valence-corrected chi connectivity index (χ2v) is 11.3. The summed E-state index contributed by atoms with van der Waals surface area (Å²) in [6.45, 7) is 7.93. The van der Waals surface area contributed by atoms with Crippen molar-refractivity contribution in [2.75, 3.05) is 25.9 Å². The molecule has 3 heterocycles. The third kappa shape index (κ3) is 4.50. The first-order chi connectivity index (χ1) is 16.9. The van der Waals surface area contributed by atoms with Crippen molar-refractivity contribution in [2.24, 2.45) is 0 Å². The summed E-state index contributed by atoms with van der Waals surface area (Å²) in [5.41, 5.74) is 6.28. The van der Waals surface area contributed by atoms with E-state index in [0.29, 0.717) is 11.3 Å². The Kier molecular flexibility index (Phi) is 6.47. The molecule has 7 heteroatoms. The van der Waals surface area contributed by atoms with E-state index in [0.717, 1.165) is 75.0 Å². The Bertz CT molecular complexity index is 1450. The summed E-state index contributed by atoms with van der Waals surface area (Å²) in [4.78, 5) is 24.7. The molecular formula is C28H32N4O2S. The van der Waals surface area contributed by atoms with Crippen molar-refractivity contribution in [3.05, 3.63) is 59.3 Å². The summed E-state index contributed by atoms with van der Waals surface area (Å²) in [5.74, 6) is 0.518. The Morgan fingerprint density at radius 3 is 2.71 bits per heavy atom. The second-order valence-electron chi connectivity index (χ2n) is 9.59. The van der Waals surface area contributed by atoms with Gasteiger partial charge in [0.2, 0.25) is 0 Å². The maximum atomic E-state index is 13.5. The molecule has 0 bridgehead atoms. The van der Waals surface area contributed by atoms with Gasteiger partial charge in [0, 0.05) is 39.2 Å². The highest BCUT2D eigenvalue weighted by atomic mass is 32.2. The number of piperidine rings is 1. The fourth-order valence-corrected chi connectivity index (χ4v) is 5.87. The molecule has 1 aliphatic rings. The Labute approximate surface area is 208 Å². The molecule has 2 N–H and O–H groups in total. The van der Waals surface area contributed by atoms with Crippen LogP contribution < -0.4 is 5.32 Å². The Morgan fingerprint density at radius 2 is 1.97 bits per heavy atom. The number of likely N-dealkylation sites (tertiary alicyclic amines) is 1. The number of aryl methyl sites for hydroxylation is 2. The van der Waals surface area contributed by atoms with Crippen LogP contribution in [0.1, 0.15) is 41.3 Å². The average molecular weight is 489 g/mol. The number of hydrogen-bond donors (Lipinski definition) is 2. The first-order valence-corrected chi connectivity index (χ1v) is 13.6. The van der Waals surface area contributed by atoms with Gasteiger partial charge in [-0.1, -0.05) is 19.1 Å². The van der Waals surface area contributed by atoms with E-state index in [1.165, 1.54) is 0 Å². The average Bonchev–Trinajstić information content (AvgIpc) is 3.24. The molecule has 35 heavy (non-hydrogen) atoms. The highest BCUT2D eigenvalue weighted by Crippen LogP contribution is 2.38. The van der Waals surface area contributed by atoms with Gasteiger partial charge in [-0.3, -0.25) is 9.00 Å². The number of fused-ring (bicyclic) bond motifs is 3. The number of nitrogens with zero attached hydrogens (tertiary/aromatic N) is 2. The number of nitrogens with one attached hydrogen (secondary N) is 2. The summed E-state index contributed by atoms with van der Waals surface area (Å²) in [6, 6.07) is 12.2. The summed E-state index contributed by atoms with van der Waals surface area (Å²) in [7, 11) is 1.06. The van der Waals surface area contributed by atoms with E-state index < -0.39 is 10.8 Å². The van der Waals surface area contributed by atoms with Crippen molar-refractivity contribution in [3.63, 3.8) is 0 Å². The maximum absolute atomic E-state index is 13.5. The van der Waals surface area contributed by atoms with Crippen LogP contribution in [0.5, 0.6) is 0 Å². The largest absolute Gasteiger partial charge is 0.349 e. The van der Waals surface area contributed by atoms with Gasteiger partial charge < -0.3 is 15.2 Å². The predicted molar refractivity (Wildman–Crippen MR) is 143 cm³/mol. The van der Waals surface area contributed by atoms with Crippen LogP contribution in [0.15, 0.2) is 47.5 Å². The number of rotatable bonds is 5. The fourth-order valence-electron chi connectivity index (χ4n) is 5.05. The predicted octanol–water partition coefficient (Wildman–Crippen LogP) is 4.95. The van der Waals surface area contributed by atoms with Crippen LogP contribution in [0, 0.1) is 13.8 Å². The van der Waals surface area contributed by atoms with Crippen LogP contribution in [0.4, 0.5) is 0 Å². The smallest absolute Gasteiger partial charge is 0.251 e. The summed E-state index contributed by atoms with van der Waals surface area (Å²) < 4.78 is 12.6. The van der Waals surface area contributed by atoms with Crippen molar-refractivity contribution in [3.8, 4) is 11.1 Å². The summed E-state index contributed by atoms with van der Waals surface area (Å²) >= 11 is 0. The van der Waals surface area contributed by atoms with Crippen LogP contribution in [0.2, 0.25) is 0 Å². The molecule has 1 amide bonds. The van der Waals surface area contributed by atoms with Gasteiger partial charge in [0.25, 0.3) is 5.91 Å². The number of H-pyrrole nitrogens is 1. The number of hydrogen-bond acceptors (Lipinski definition) is 4. The number of aromatic amines is 1. The lowest BCUT2D eigenvalue weighted by Crippen LogP contribution is -2.43. The fraction of sp³-hybridized carbons (Fsp3) is 0.357. The SMILES string of the molecule is CCS(=O)c1cccc(-c2cc(C(=O)NC3CCN(C)CC3)c(C)c3[nH]c4ncc(C)cc4c23)c1. The van der Waals surface area contributed by atoms with E-state index in [1.54, 1.807) is 0 Å². The number of benzene rings is 2. The maximum Gasteiger partial charge on any atom is 0.251 e. The van der Waals surface area contributed by atoms with Crippen LogP contribution in [0.25, 0.3) is 33.1 Å². The van der Waals surface area contributed by atoms with Gasteiger partial charge in [-0.25, -0.2) is 4.98 Å². The molecule has 6 nitrogen and oxygen atoms in total. The third-order valence-electron chi connectivity index (χ3n) is 7.09. The van der Waals surface area contributed by atoms with Gasteiger partial charge in [-0.05, 0) is 93.3 Å². The van der Waals surface area contributed by atoms with Gasteiger partial charge in [0.15, 0.2) is 0 Å². The molecule has 1 fully saturated rings. The van der Waals surface area contributed by atoms with Gasteiger partial charge in [-0.2, -0.15) is 0 Å². The molecule has 2 aromatic heterocycles. The van der Waals surface area contributed by atoms with E-state index in [2.05, 4.69) is 33.3 Å². The first-order valence-electron chi connectivity index (χ1n) is 12.3. The van der Waals surface area contributed by atoms with Crippen molar-refractivity contribution >= 4 is 38.6 Å². The minimum atomic E-state index is -1.06. The van der Waals surface area contributed by atoms with Gasteiger partial charge >= 0.3 is 0 Å². The Balaban J connectivity index is 1.69. The Hall–Kier alpha value is -3.03. The summed E-state index contributed by atoms with van der Waals surface area (Å²) in [6.07, 6.45) is 3.76. The number of carbonyl (C=O) groups is 1. The minimum absolute atomic E-state index is 0.0451. The molecule has 4 aromatic rings. The zero-order valence-corrected chi connectivity index (χ0v) is 21.6. The molecule has 1 saturated heterocycles. The molecule has 182 valence electrons. The molecule has 1 atom stereocenters. The first kappa shape index (κ1) is 23.7. The zero-order valence-electron chi connectivity index (χ0n) is 20.8. The highest BCUT2D eigenvalue weighted by molar-refractivity contribution is 7.85. The van der Waals surface area contributed by atoms with Crippen LogP contribution >= 0.6 is 0 Å². The summed E-state index contributed by atoms with van der Waals surface area (Å²) in [5, 5.41) is 5.35. The standard InChI is InChI=1S/C28H32N4O2S/c1-5-35(34)21-8-6-7-19(14-21)23-15-22(28(33)30-20-9-11-32(4)12-10-20)18(3)26-25(23)24-13-17(2)16-29-27(24)31-26/h6-8,13-16,20H,5,9-12H2,1-4H3,(H,29,31)(H,30,33). The van der Waals surface area contributed by atoms with Gasteiger partial charge in [0.1, 0.15) is 5.65 Å². The van der Waals surface area contributed by atoms with Crippen LogP contribution in [-0.4, -0.2) is 56.9 Å². The lowest BCUT2D eigenvalue weighted by atomic mass is 9.93. The van der Waals surface area contributed by atoms with Crippen molar-refractivity contribution in [1.82, 2.24) is 20.2 Å². The lowest BCUT2D eigenvalue weighted by Gasteiger charge is -2.29. The van der Waals surface area contributed by atoms with E-state index >= 15 is 0 Å².